The van der Waals surface area contributed by atoms with Crippen LogP contribution in [0.4, 0.5) is 13.2 Å². The zero-order valence-electron chi connectivity index (χ0n) is 11.5. The lowest BCUT2D eigenvalue weighted by Gasteiger charge is -2.14. The van der Waals surface area contributed by atoms with E-state index in [4.69, 9.17) is 0 Å². The van der Waals surface area contributed by atoms with Gasteiger partial charge in [0.2, 0.25) is 0 Å². The van der Waals surface area contributed by atoms with E-state index in [0.717, 1.165) is 18.4 Å². The fraction of sp³-hybridized carbons (Fsp3) is 0.235. The minimum atomic E-state index is -4.74. The Balaban J connectivity index is 2.02. The number of hydrogen-bond donors (Lipinski definition) is 0. The summed E-state index contributed by atoms with van der Waals surface area (Å²) in [6.45, 7) is 0. The molecule has 0 aliphatic heterocycles. The Kier molecular flexibility index (Phi) is 3.32. The molecule has 112 valence electrons. The molecule has 2 aromatic carbocycles. The van der Waals surface area contributed by atoms with Crippen LogP contribution in [-0.4, -0.2) is 6.36 Å². The lowest BCUT2D eigenvalue weighted by Crippen LogP contribution is -2.17. The molecule has 1 saturated carbocycles. The molecule has 0 aromatic heterocycles. The second-order valence-electron chi connectivity index (χ2n) is 5.32. The SMILES string of the molecule is N#CC1(c2cccc(-c3ccccc3OC(F)(F)F)c2)CC1. The Hall–Kier alpha value is -2.48. The van der Waals surface area contributed by atoms with E-state index in [2.05, 4.69) is 10.8 Å². The van der Waals surface area contributed by atoms with Gasteiger partial charge >= 0.3 is 6.36 Å². The van der Waals surface area contributed by atoms with E-state index < -0.39 is 11.8 Å². The normalized spacial score (nSPS) is 15.9. The molecule has 2 aromatic rings. The highest BCUT2D eigenvalue weighted by Crippen LogP contribution is 2.48. The van der Waals surface area contributed by atoms with E-state index in [1.165, 1.54) is 12.1 Å². The van der Waals surface area contributed by atoms with Crippen molar-refractivity contribution in [2.24, 2.45) is 0 Å². The summed E-state index contributed by atoms with van der Waals surface area (Å²) in [6, 6.07) is 15.4. The molecule has 3 rings (SSSR count). The van der Waals surface area contributed by atoms with E-state index >= 15 is 0 Å². The minimum Gasteiger partial charge on any atom is -0.405 e. The van der Waals surface area contributed by atoms with Crippen molar-refractivity contribution in [3.63, 3.8) is 0 Å². The first-order valence-electron chi connectivity index (χ1n) is 6.80. The third-order valence-electron chi connectivity index (χ3n) is 3.80. The van der Waals surface area contributed by atoms with Gasteiger partial charge in [-0.1, -0.05) is 36.4 Å². The van der Waals surface area contributed by atoms with Gasteiger partial charge in [-0.3, -0.25) is 0 Å². The predicted octanol–water partition coefficient (Wildman–Crippen LogP) is 4.81. The highest BCUT2D eigenvalue weighted by Gasteiger charge is 2.44. The Morgan fingerprint density at radius 3 is 2.41 bits per heavy atom. The van der Waals surface area contributed by atoms with Crippen molar-refractivity contribution in [3.8, 4) is 22.9 Å². The first kappa shape index (κ1) is 14.5. The first-order chi connectivity index (χ1) is 10.4. The maximum absolute atomic E-state index is 12.5. The van der Waals surface area contributed by atoms with Crippen LogP contribution in [0.1, 0.15) is 18.4 Å². The van der Waals surface area contributed by atoms with Crippen LogP contribution in [0.25, 0.3) is 11.1 Å². The predicted molar refractivity (Wildman–Crippen MR) is 75.1 cm³/mol. The van der Waals surface area contributed by atoms with E-state index in [1.807, 2.05) is 6.07 Å². The molecule has 0 heterocycles. The number of ether oxygens (including phenoxy) is 1. The van der Waals surface area contributed by atoms with E-state index in [9.17, 15) is 18.4 Å². The molecular formula is C17H12F3NO. The number of benzene rings is 2. The van der Waals surface area contributed by atoms with Gasteiger partial charge in [-0.15, -0.1) is 13.2 Å². The van der Waals surface area contributed by atoms with Crippen molar-refractivity contribution in [1.29, 1.82) is 5.26 Å². The number of halogens is 3. The van der Waals surface area contributed by atoms with Gasteiger partial charge in [0.15, 0.2) is 0 Å². The minimum absolute atomic E-state index is 0.242. The number of alkyl halides is 3. The van der Waals surface area contributed by atoms with E-state index in [1.54, 1.807) is 30.3 Å². The van der Waals surface area contributed by atoms with Crippen molar-refractivity contribution in [2.75, 3.05) is 0 Å². The summed E-state index contributed by atoms with van der Waals surface area (Å²) < 4.78 is 41.6. The van der Waals surface area contributed by atoms with Crippen LogP contribution in [0.15, 0.2) is 48.5 Å². The molecule has 22 heavy (non-hydrogen) atoms. The largest absolute Gasteiger partial charge is 0.573 e. The topological polar surface area (TPSA) is 33.0 Å². The maximum atomic E-state index is 12.5. The smallest absolute Gasteiger partial charge is 0.405 e. The molecule has 0 unspecified atom stereocenters. The Bertz CT molecular complexity index is 742. The molecule has 0 N–H and O–H groups in total. The van der Waals surface area contributed by atoms with Crippen LogP contribution in [0, 0.1) is 11.3 Å². The first-order valence-corrected chi connectivity index (χ1v) is 6.80. The van der Waals surface area contributed by atoms with Crippen LogP contribution in [-0.2, 0) is 5.41 Å². The van der Waals surface area contributed by atoms with Gasteiger partial charge in [0, 0.05) is 5.56 Å². The second kappa shape index (κ2) is 5.06. The summed E-state index contributed by atoms with van der Waals surface area (Å²) in [4.78, 5) is 0. The summed E-state index contributed by atoms with van der Waals surface area (Å²) in [5, 5.41) is 9.26. The van der Waals surface area contributed by atoms with E-state index in [0.29, 0.717) is 11.1 Å². The van der Waals surface area contributed by atoms with Gasteiger partial charge in [-0.25, -0.2) is 0 Å². The molecule has 0 bridgehead atoms. The van der Waals surface area contributed by atoms with Crippen molar-refractivity contribution in [1.82, 2.24) is 0 Å². The van der Waals surface area contributed by atoms with Crippen molar-refractivity contribution >= 4 is 0 Å². The van der Waals surface area contributed by atoms with Gasteiger partial charge in [0.05, 0.1) is 11.5 Å². The summed E-state index contributed by atoms with van der Waals surface area (Å²) in [6.07, 6.45) is -3.17. The van der Waals surface area contributed by atoms with Crippen LogP contribution < -0.4 is 4.74 Å². The number of hydrogen-bond acceptors (Lipinski definition) is 2. The standard InChI is InChI=1S/C17H12F3NO/c18-17(19,20)22-15-7-2-1-6-14(15)12-4-3-5-13(10-12)16(11-21)8-9-16/h1-7,10H,8-9H2. The van der Waals surface area contributed by atoms with Gasteiger partial charge in [0.1, 0.15) is 5.75 Å². The highest BCUT2D eigenvalue weighted by molar-refractivity contribution is 5.71. The number of nitriles is 1. The Morgan fingerprint density at radius 1 is 1.05 bits per heavy atom. The summed E-state index contributed by atoms with van der Waals surface area (Å²) in [5.74, 6) is -0.242. The molecule has 1 aliphatic rings. The van der Waals surface area contributed by atoms with Gasteiger partial charge in [0.25, 0.3) is 0 Å². The number of nitrogens with zero attached hydrogens (tertiary/aromatic N) is 1. The fourth-order valence-electron chi connectivity index (χ4n) is 2.49. The Labute approximate surface area is 125 Å². The molecule has 2 nitrogen and oxygen atoms in total. The Morgan fingerprint density at radius 2 is 1.77 bits per heavy atom. The average molecular weight is 303 g/mol. The lowest BCUT2D eigenvalue weighted by atomic mass is 9.93. The van der Waals surface area contributed by atoms with Crippen LogP contribution in [0.2, 0.25) is 0 Å². The number of para-hydroxylation sites is 1. The molecule has 0 radical (unpaired) electrons. The summed E-state index contributed by atoms with van der Waals surface area (Å²) in [5.41, 5.74) is 1.33. The van der Waals surface area contributed by atoms with Gasteiger partial charge < -0.3 is 4.74 Å². The zero-order valence-corrected chi connectivity index (χ0v) is 11.5. The molecule has 1 fully saturated rings. The molecule has 1 aliphatic carbocycles. The van der Waals surface area contributed by atoms with E-state index in [-0.39, 0.29) is 5.75 Å². The van der Waals surface area contributed by atoms with Gasteiger partial charge in [-0.2, -0.15) is 5.26 Å². The van der Waals surface area contributed by atoms with Crippen molar-refractivity contribution < 1.29 is 17.9 Å². The second-order valence-corrected chi connectivity index (χ2v) is 5.32. The van der Waals surface area contributed by atoms with Crippen molar-refractivity contribution in [3.05, 3.63) is 54.1 Å². The summed E-state index contributed by atoms with van der Waals surface area (Å²) >= 11 is 0. The highest BCUT2D eigenvalue weighted by atomic mass is 19.4. The third kappa shape index (κ3) is 2.77. The van der Waals surface area contributed by atoms with Crippen LogP contribution in [0.3, 0.4) is 0 Å². The molecular weight excluding hydrogens is 291 g/mol. The molecule has 5 heteroatoms. The molecule has 0 saturated heterocycles. The van der Waals surface area contributed by atoms with Crippen LogP contribution >= 0.6 is 0 Å². The average Bonchev–Trinajstić information content (AvgIpc) is 3.27. The maximum Gasteiger partial charge on any atom is 0.573 e. The third-order valence-corrected chi connectivity index (χ3v) is 3.80. The van der Waals surface area contributed by atoms with Gasteiger partial charge in [-0.05, 0) is 36.1 Å². The quantitative estimate of drug-likeness (QED) is 0.815. The monoisotopic (exact) mass is 303 g/mol. The fourth-order valence-corrected chi connectivity index (χ4v) is 2.49. The van der Waals surface area contributed by atoms with Crippen LogP contribution in [0.5, 0.6) is 5.75 Å². The molecule has 0 spiro atoms. The lowest BCUT2D eigenvalue weighted by molar-refractivity contribution is -0.274. The summed E-state index contributed by atoms with van der Waals surface area (Å²) in [7, 11) is 0. The molecule has 0 amide bonds. The number of rotatable bonds is 3. The zero-order chi connectivity index (χ0) is 15.8. The van der Waals surface area contributed by atoms with Crippen molar-refractivity contribution in [2.45, 2.75) is 24.6 Å². The molecule has 0 atom stereocenters.